The number of nitrogens with zero attached hydrogens (tertiary/aromatic N) is 1. The van der Waals surface area contributed by atoms with Crippen molar-refractivity contribution in [3.8, 4) is 5.75 Å². The van der Waals surface area contributed by atoms with E-state index in [4.69, 9.17) is 4.74 Å². The van der Waals surface area contributed by atoms with Crippen LogP contribution < -0.4 is 15.4 Å². The summed E-state index contributed by atoms with van der Waals surface area (Å²) < 4.78 is 6.41. The van der Waals surface area contributed by atoms with Gasteiger partial charge in [0.1, 0.15) is 5.75 Å². The molecule has 2 aromatic carbocycles. The number of anilines is 1. The van der Waals surface area contributed by atoms with E-state index in [1.54, 1.807) is 36.7 Å². The summed E-state index contributed by atoms with van der Waals surface area (Å²) in [4.78, 5) is 29.0. The number of carbonyl (C=O) groups excluding carboxylic acids is 2. The molecule has 7 heteroatoms. The van der Waals surface area contributed by atoms with Gasteiger partial charge < -0.3 is 15.4 Å². The average Bonchev–Trinajstić information content (AvgIpc) is 2.77. The molecule has 1 aromatic heterocycles. The summed E-state index contributed by atoms with van der Waals surface area (Å²) in [6.07, 6.45) is 4.28. The molecule has 2 N–H and O–H groups in total. The highest BCUT2D eigenvalue weighted by Crippen LogP contribution is 2.26. The lowest BCUT2D eigenvalue weighted by Crippen LogP contribution is -2.26. The van der Waals surface area contributed by atoms with Crippen molar-refractivity contribution in [2.45, 2.75) is 19.9 Å². The van der Waals surface area contributed by atoms with Crippen LogP contribution in [-0.4, -0.2) is 23.4 Å². The number of para-hydroxylation sites is 1. The maximum atomic E-state index is 12.6. The number of halogens is 1. The van der Waals surface area contributed by atoms with E-state index in [2.05, 4.69) is 38.5 Å². The predicted molar refractivity (Wildman–Crippen MR) is 119 cm³/mol. The Bertz CT molecular complexity index is 1030. The zero-order valence-corrected chi connectivity index (χ0v) is 18.1. The molecule has 0 saturated heterocycles. The molecule has 3 rings (SSSR count). The van der Waals surface area contributed by atoms with Gasteiger partial charge in [0.15, 0.2) is 6.61 Å². The largest absolute Gasteiger partial charge is 0.483 e. The van der Waals surface area contributed by atoms with Crippen molar-refractivity contribution >= 4 is 33.4 Å². The molecular formula is C23H22BrN3O3. The number of pyridine rings is 1. The van der Waals surface area contributed by atoms with Gasteiger partial charge in [-0.1, -0.05) is 31.2 Å². The molecule has 0 fully saturated rings. The van der Waals surface area contributed by atoms with Gasteiger partial charge in [0.25, 0.3) is 11.8 Å². The van der Waals surface area contributed by atoms with Gasteiger partial charge in [-0.3, -0.25) is 14.6 Å². The van der Waals surface area contributed by atoms with Gasteiger partial charge in [-0.25, -0.2) is 0 Å². The monoisotopic (exact) mass is 467 g/mol. The van der Waals surface area contributed by atoms with Gasteiger partial charge in [-0.2, -0.15) is 0 Å². The van der Waals surface area contributed by atoms with E-state index < -0.39 is 0 Å². The number of ether oxygens (including phenoxy) is 1. The number of nitrogens with one attached hydrogen (secondary N) is 2. The molecule has 0 aliphatic carbocycles. The fourth-order valence-electron chi connectivity index (χ4n) is 2.78. The summed E-state index contributed by atoms with van der Waals surface area (Å²) in [7, 11) is 0. The Morgan fingerprint density at radius 1 is 1.07 bits per heavy atom. The molecule has 0 spiro atoms. The van der Waals surface area contributed by atoms with Crippen LogP contribution in [0.5, 0.6) is 5.75 Å². The highest BCUT2D eigenvalue weighted by molar-refractivity contribution is 9.10. The van der Waals surface area contributed by atoms with Crippen LogP contribution >= 0.6 is 15.9 Å². The highest BCUT2D eigenvalue weighted by atomic mass is 79.9. The Hall–Kier alpha value is -3.19. The van der Waals surface area contributed by atoms with Crippen LogP contribution in [0.4, 0.5) is 5.69 Å². The van der Waals surface area contributed by atoms with Crippen LogP contribution in [0.15, 0.2) is 71.5 Å². The number of amides is 2. The molecule has 154 valence electrons. The van der Waals surface area contributed by atoms with Gasteiger partial charge in [-0.05, 0) is 63.8 Å². The summed E-state index contributed by atoms with van der Waals surface area (Å²) in [5.74, 6) is -0.0487. The summed E-state index contributed by atoms with van der Waals surface area (Å²) in [5, 5.41) is 5.59. The predicted octanol–water partition coefficient (Wildman–Crippen LogP) is 4.35. The SMILES string of the molecule is CCc1ccc(OCC(=O)Nc2ccccc2C(=O)NCc2cccnc2)c(Br)c1. The lowest BCUT2D eigenvalue weighted by Gasteiger charge is -2.13. The van der Waals surface area contributed by atoms with E-state index in [0.717, 1.165) is 16.5 Å². The Morgan fingerprint density at radius 2 is 1.90 bits per heavy atom. The topological polar surface area (TPSA) is 80.3 Å². The third-order valence-electron chi connectivity index (χ3n) is 4.38. The average molecular weight is 468 g/mol. The molecule has 2 amide bonds. The molecule has 0 radical (unpaired) electrons. The molecule has 0 aliphatic rings. The lowest BCUT2D eigenvalue weighted by atomic mass is 10.1. The fraction of sp³-hybridized carbons (Fsp3) is 0.174. The first-order valence-corrected chi connectivity index (χ1v) is 10.3. The molecule has 0 saturated carbocycles. The summed E-state index contributed by atoms with van der Waals surface area (Å²) in [6, 6.07) is 16.3. The summed E-state index contributed by atoms with van der Waals surface area (Å²) in [5.41, 5.74) is 2.86. The second kappa shape index (κ2) is 10.5. The third-order valence-corrected chi connectivity index (χ3v) is 5.00. The number of hydrogen-bond acceptors (Lipinski definition) is 4. The zero-order chi connectivity index (χ0) is 21.3. The summed E-state index contributed by atoms with van der Waals surface area (Å²) in [6.45, 7) is 2.25. The highest BCUT2D eigenvalue weighted by Gasteiger charge is 2.14. The van der Waals surface area contributed by atoms with Crippen LogP contribution in [-0.2, 0) is 17.8 Å². The molecule has 0 bridgehead atoms. The van der Waals surface area contributed by atoms with Gasteiger partial charge >= 0.3 is 0 Å². The zero-order valence-electron chi connectivity index (χ0n) is 16.5. The normalized spacial score (nSPS) is 10.3. The van der Waals surface area contributed by atoms with Gasteiger partial charge in [0.2, 0.25) is 0 Å². The molecule has 3 aromatic rings. The molecule has 30 heavy (non-hydrogen) atoms. The van der Waals surface area contributed by atoms with Crippen molar-refractivity contribution < 1.29 is 14.3 Å². The number of aryl methyl sites for hydroxylation is 1. The number of hydrogen-bond donors (Lipinski definition) is 2. The number of carbonyl (C=O) groups is 2. The van der Waals surface area contributed by atoms with Crippen LogP contribution in [0.25, 0.3) is 0 Å². The number of aromatic nitrogens is 1. The Morgan fingerprint density at radius 3 is 2.63 bits per heavy atom. The molecule has 0 aliphatic heterocycles. The van der Waals surface area contributed by atoms with Gasteiger partial charge in [0, 0.05) is 18.9 Å². The maximum Gasteiger partial charge on any atom is 0.262 e. The van der Waals surface area contributed by atoms with E-state index in [1.165, 1.54) is 5.56 Å². The van der Waals surface area contributed by atoms with Crippen molar-refractivity contribution in [1.82, 2.24) is 10.3 Å². The third kappa shape index (κ3) is 5.90. The second-order valence-electron chi connectivity index (χ2n) is 6.54. The molecule has 1 heterocycles. The van der Waals surface area contributed by atoms with Crippen molar-refractivity contribution in [2.75, 3.05) is 11.9 Å². The molecule has 0 unspecified atom stereocenters. The van der Waals surface area contributed by atoms with E-state index in [9.17, 15) is 9.59 Å². The van der Waals surface area contributed by atoms with Crippen LogP contribution in [0.3, 0.4) is 0 Å². The second-order valence-corrected chi connectivity index (χ2v) is 7.40. The summed E-state index contributed by atoms with van der Waals surface area (Å²) >= 11 is 3.46. The van der Waals surface area contributed by atoms with Crippen molar-refractivity contribution in [2.24, 2.45) is 0 Å². The Kier molecular flexibility index (Phi) is 7.57. The first kappa shape index (κ1) is 21.5. The minimum Gasteiger partial charge on any atom is -0.483 e. The van der Waals surface area contributed by atoms with Gasteiger partial charge in [-0.15, -0.1) is 0 Å². The van der Waals surface area contributed by atoms with Crippen molar-refractivity contribution in [3.63, 3.8) is 0 Å². The number of rotatable bonds is 8. The van der Waals surface area contributed by atoms with Gasteiger partial charge in [0.05, 0.1) is 15.7 Å². The lowest BCUT2D eigenvalue weighted by molar-refractivity contribution is -0.118. The van der Waals surface area contributed by atoms with E-state index in [1.807, 2.05) is 30.3 Å². The minimum atomic E-state index is -0.353. The van der Waals surface area contributed by atoms with E-state index in [0.29, 0.717) is 23.5 Å². The maximum absolute atomic E-state index is 12.6. The quantitative estimate of drug-likeness (QED) is 0.515. The standard InChI is InChI=1S/C23H22BrN3O3/c1-2-16-9-10-21(19(24)12-16)30-15-22(28)27-20-8-4-3-7-18(20)23(29)26-14-17-6-5-11-25-13-17/h3-13H,2,14-15H2,1H3,(H,26,29)(H,27,28). The molecule has 0 atom stereocenters. The Balaban J connectivity index is 1.59. The van der Waals surface area contributed by atoms with E-state index >= 15 is 0 Å². The van der Waals surface area contributed by atoms with Crippen LogP contribution in [0.2, 0.25) is 0 Å². The first-order valence-electron chi connectivity index (χ1n) is 9.54. The first-order chi connectivity index (χ1) is 14.6. The molecule has 6 nitrogen and oxygen atoms in total. The fourth-order valence-corrected chi connectivity index (χ4v) is 3.32. The van der Waals surface area contributed by atoms with Crippen LogP contribution in [0.1, 0.15) is 28.4 Å². The van der Waals surface area contributed by atoms with E-state index in [-0.39, 0.29) is 18.4 Å². The number of benzene rings is 2. The van der Waals surface area contributed by atoms with Crippen LogP contribution in [0, 0.1) is 0 Å². The molecular weight excluding hydrogens is 446 g/mol. The van der Waals surface area contributed by atoms with Crippen molar-refractivity contribution in [3.05, 3.63) is 88.2 Å². The van der Waals surface area contributed by atoms with Crippen molar-refractivity contribution in [1.29, 1.82) is 0 Å². The Labute approximate surface area is 183 Å². The minimum absolute atomic E-state index is 0.171. The smallest absolute Gasteiger partial charge is 0.262 e.